The minimum absolute atomic E-state index is 0.593. The normalized spacial score (nSPS) is 10.6. The van der Waals surface area contributed by atoms with Crippen molar-refractivity contribution >= 4 is 27.5 Å². The summed E-state index contributed by atoms with van der Waals surface area (Å²) >= 11 is 9.32. The van der Waals surface area contributed by atoms with Gasteiger partial charge in [0.05, 0.1) is 11.6 Å². The smallest absolute Gasteiger partial charge is 0.175 e. The lowest BCUT2D eigenvalue weighted by molar-refractivity contribution is 0.250. The molecule has 0 radical (unpaired) electrons. The SMILES string of the molecule is COc1c(Br)cc(Cl)cc1OCCN(C)C. The first-order valence-corrected chi connectivity index (χ1v) is 6.02. The monoisotopic (exact) mass is 307 g/mol. The molecule has 90 valence electrons. The summed E-state index contributed by atoms with van der Waals surface area (Å²) < 4.78 is 11.7. The topological polar surface area (TPSA) is 21.7 Å². The first-order chi connectivity index (χ1) is 7.54. The van der Waals surface area contributed by atoms with E-state index in [9.17, 15) is 0 Å². The fraction of sp³-hybridized carbons (Fsp3) is 0.455. The van der Waals surface area contributed by atoms with Crippen LogP contribution in [0.2, 0.25) is 5.02 Å². The van der Waals surface area contributed by atoms with E-state index in [0.29, 0.717) is 23.1 Å². The Morgan fingerprint density at radius 2 is 2.06 bits per heavy atom. The van der Waals surface area contributed by atoms with Crippen LogP contribution in [-0.2, 0) is 0 Å². The van der Waals surface area contributed by atoms with Crippen LogP contribution in [0.25, 0.3) is 0 Å². The Morgan fingerprint density at radius 3 is 2.62 bits per heavy atom. The molecule has 16 heavy (non-hydrogen) atoms. The van der Waals surface area contributed by atoms with Gasteiger partial charge in [-0.05, 0) is 36.1 Å². The lowest BCUT2D eigenvalue weighted by Crippen LogP contribution is -2.19. The third-order valence-electron chi connectivity index (χ3n) is 1.97. The van der Waals surface area contributed by atoms with Crippen LogP contribution in [-0.4, -0.2) is 39.3 Å². The van der Waals surface area contributed by atoms with Gasteiger partial charge in [-0.1, -0.05) is 11.6 Å². The van der Waals surface area contributed by atoms with E-state index in [-0.39, 0.29) is 0 Å². The quantitative estimate of drug-likeness (QED) is 0.834. The number of ether oxygens (including phenoxy) is 2. The Bertz CT molecular complexity index is 358. The zero-order valence-electron chi connectivity index (χ0n) is 9.59. The minimum atomic E-state index is 0.593. The van der Waals surface area contributed by atoms with Crippen molar-refractivity contribution in [2.75, 3.05) is 34.4 Å². The predicted octanol–water partition coefficient (Wildman–Crippen LogP) is 3.05. The van der Waals surface area contributed by atoms with E-state index in [2.05, 4.69) is 15.9 Å². The fourth-order valence-electron chi connectivity index (χ4n) is 1.18. The van der Waals surface area contributed by atoms with Crippen LogP contribution in [0.5, 0.6) is 11.5 Å². The number of hydrogen-bond donors (Lipinski definition) is 0. The maximum absolute atomic E-state index is 5.94. The third kappa shape index (κ3) is 3.85. The molecular weight excluding hydrogens is 293 g/mol. The van der Waals surface area contributed by atoms with Gasteiger partial charge in [-0.25, -0.2) is 0 Å². The highest BCUT2D eigenvalue weighted by Gasteiger charge is 2.10. The van der Waals surface area contributed by atoms with Crippen LogP contribution in [0.1, 0.15) is 0 Å². The van der Waals surface area contributed by atoms with Crippen molar-refractivity contribution in [1.29, 1.82) is 0 Å². The van der Waals surface area contributed by atoms with Crippen molar-refractivity contribution in [3.8, 4) is 11.5 Å². The maximum atomic E-state index is 5.94. The lowest BCUT2D eigenvalue weighted by Gasteiger charge is -2.14. The summed E-state index contributed by atoms with van der Waals surface area (Å²) in [5.41, 5.74) is 0. The van der Waals surface area contributed by atoms with Crippen molar-refractivity contribution in [3.05, 3.63) is 21.6 Å². The van der Waals surface area contributed by atoms with Gasteiger partial charge in [0.15, 0.2) is 11.5 Å². The van der Waals surface area contributed by atoms with Crippen LogP contribution in [0, 0.1) is 0 Å². The molecule has 3 nitrogen and oxygen atoms in total. The molecule has 0 aliphatic rings. The third-order valence-corrected chi connectivity index (χ3v) is 2.78. The van der Waals surface area contributed by atoms with Gasteiger partial charge in [-0.2, -0.15) is 0 Å². The molecule has 0 unspecified atom stereocenters. The summed E-state index contributed by atoms with van der Waals surface area (Å²) in [6.45, 7) is 1.43. The number of halogens is 2. The Balaban J connectivity index is 2.77. The summed E-state index contributed by atoms with van der Waals surface area (Å²) in [4.78, 5) is 2.05. The molecule has 0 saturated carbocycles. The molecule has 0 aliphatic heterocycles. The molecule has 0 heterocycles. The molecule has 0 bridgehead atoms. The molecule has 0 N–H and O–H groups in total. The number of rotatable bonds is 5. The van der Waals surface area contributed by atoms with Gasteiger partial charge in [0, 0.05) is 17.6 Å². The first-order valence-electron chi connectivity index (χ1n) is 4.85. The van der Waals surface area contributed by atoms with Crippen molar-refractivity contribution in [1.82, 2.24) is 4.90 Å². The molecule has 0 saturated heterocycles. The molecule has 5 heteroatoms. The van der Waals surface area contributed by atoms with Gasteiger partial charge in [0.1, 0.15) is 6.61 Å². The number of methoxy groups -OCH3 is 1. The van der Waals surface area contributed by atoms with Gasteiger partial charge < -0.3 is 14.4 Å². The average Bonchev–Trinajstić information content (AvgIpc) is 2.16. The van der Waals surface area contributed by atoms with Gasteiger partial charge >= 0.3 is 0 Å². The largest absolute Gasteiger partial charge is 0.492 e. The highest BCUT2D eigenvalue weighted by molar-refractivity contribution is 9.10. The van der Waals surface area contributed by atoms with Crippen LogP contribution in [0.3, 0.4) is 0 Å². The van der Waals surface area contributed by atoms with Crippen LogP contribution >= 0.6 is 27.5 Å². The van der Waals surface area contributed by atoms with Crippen LogP contribution < -0.4 is 9.47 Å². The van der Waals surface area contributed by atoms with Gasteiger partial charge in [0.2, 0.25) is 0 Å². The molecule has 0 aliphatic carbocycles. The first kappa shape index (κ1) is 13.6. The summed E-state index contributed by atoms with van der Waals surface area (Å²) in [6.07, 6.45) is 0. The van der Waals surface area contributed by atoms with E-state index in [1.807, 2.05) is 19.0 Å². The molecule has 0 atom stereocenters. The second-order valence-corrected chi connectivity index (χ2v) is 4.86. The van der Waals surface area contributed by atoms with Crippen LogP contribution in [0.4, 0.5) is 0 Å². The second-order valence-electron chi connectivity index (χ2n) is 3.57. The molecule has 0 spiro atoms. The number of likely N-dealkylation sites (N-methyl/N-ethyl adjacent to an activating group) is 1. The van der Waals surface area contributed by atoms with E-state index < -0.39 is 0 Å². The molecule has 0 aromatic heterocycles. The van der Waals surface area contributed by atoms with E-state index in [1.165, 1.54) is 0 Å². The molecule has 1 aromatic rings. The summed E-state index contributed by atoms with van der Waals surface area (Å²) in [7, 11) is 5.59. The summed E-state index contributed by atoms with van der Waals surface area (Å²) in [5.74, 6) is 1.33. The van der Waals surface area contributed by atoms with Crippen molar-refractivity contribution < 1.29 is 9.47 Å². The van der Waals surface area contributed by atoms with Crippen molar-refractivity contribution in [3.63, 3.8) is 0 Å². The number of nitrogens with zero attached hydrogens (tertiary/aromatic N) is 1. The van der Waals surface area contributed by atoms with E-state index in [0.717, 1.165) is 11.0 Å². The average molecular weight is 309 g/mol. The molecule has 0 amide bonds. The Hall–Kier alpha value is -0.450. The second kappa shape index (κ2) is 6.33. The lowest BCUT2D eigenvalue weighted by atomic mass is 10.3. The molecular formula is C11H15BrClNO2. The zero-order chi connectivity index (χ0) is 12.1. The Morgan fingerprint density at radius 1 is 1.38 bits per heavy atom. The maximum Gasteiger partial charge on any atom is 0.175 e. The molecule has 0 fully saturated rings. The van der Waals surface area contributed by atoms with Gasteiger partial charge in [0.25, 0.3) is 0 Å². The van der Waals surface area contributed by atoms with Gasteiger partial charge in [-0.15, -0.1) is 0 Å². The highest BCUT2D eigenvalue weighted by Crippen LogP contribution is 2.37. The van der Waals surface area contributed by atoms with E-state index in [1.54, 1.807) is 19.2 Å². The Kier molecular flexibility index (Phi) is 5.38. The standard InChI is InChI=1S/C11H15BrClNO2/c1-14(2)4-5-16-10-7-8(13)6-9(12)11(10)15-3/h6-7H,4-5H2,1-3H3. The predicted molar refractivity (Wildman–Crippen MR) is 69.8 cm³/mol. The highest BCUT2D eigenvalue weighted by atomic mass is 79.9. The fourth-order valence-corrected chi connectivity index (χ4v) is 2.12. The number of benzene rings is 1. The number of hydrogen-bond acceptors (Lipinski definition) is 3. The molecule has 1 aromatic carbocycles. The van der Waals surface area contributed by atoms with Gasteiger partial charge in [-0.3, -0.25) is 0 Å². The summed E-state index contributed by atoms with van der Waals surface area (Å²) in [5, 5.41) is 0.618. The minimum Gasteiger partial charge on any atom is -0.492 e. The van der Waals surface area contributed by atoms with E-state index in [4.69, 9.17) is 21.1 Å². The van der Waals surface area contributed by atoms with Crippen LogP contribution in [0.15, 0.2) is 16.6 Å². The summed E-state index contributed by atoms with van der Waals surface area (Å²) in [6, 6.07) is 3.53. The van der Waals surface area contributed by atoms with E-state index >= 15 is 0 Å². The Labute approximate surface area is 109 Å². The van der Waals surface area contributed by atoms with Crippen molar-refractivity contribution in [2.45, 2.75) is 0 Å². The molecule has 1 rings (SSSR count). The zero-order valence-corrected chi connectivity index (χ0v) is 11.9. The van der Waals surface area contributed by atoms with Crippen molar-refractivity contribution in [2.24, 2.45) is 0 Å².